The van der Waals surface area contributed by atoms with Crippen molar-refractivity contribution in [2.45, 2.75) is 46.2 Å². The Balaban J connectivity index is 1.98. The van der Waals surface area contributed by atoms with Crippen molar-refractivity contribution in [3.63, 3.8) is 0 Å². The number of carbonyl (C=O) groups excluding carboxylic acids is 1. The maximum atomic E-state index is 13.2. The molecule has 0 radical (unpaired) electrons. The van der Waals surface area contributed by atoms with E-state index in [1.165, 1.54) is 11.1 Å². The van der Waals surface area contributed by atoms with Gasteiger partial charge in [-0.15, -0.1) is 0 Å². The van der Waals surface area contributed by atoms with Gasteiger partial charge >= 0.3 is 0 Å². The molecule has 1 aliphatic rings. The van der Waals surface area contributed by atoms with Crippen molar-refractivity contribution in [3.8, 4) is 5.75 Å². The van der Waals surface area contributed by atoms with Gasteiger partial charge in [0.1, 0.15) is 5.75 Å². The van der Waals surface area contributed by atoms with Gasteiger partial charge in [0.15, 0.2) is 0 Å². The molecule has 0 N–H and O–H groups in total. The van der Waals surface area contributed by atoms with Crippen molar-refractivity contribution in [2.24, 2.45) is 5.10 Å². The van der Waals surface area contributed by atoms with Gasteiger partial charge in [0.05, 0.1) is 25.4 Å². The van der Waals surface area contributed by atoms with Crippen LogP contribution in [0, 0.1) is 13.8 Å². The van der Waals surface area contributed by atoms with Gasteiger partial charge < -0.3 is 4.74 Å². The number of nitrogens with zero attached hydrogens (tertiary/aromatic N) is 3. The predicted octanol–water partition coefficient (Wildman–Crippen LogP) is 4.33. The number of amides is 1. The van der Waals surface area contributed by atoms with E-state index in [2.05, 4.69) is 45.9 Å². The second-order valence-electron chi connectivity index (χ2n) is 8.11. The number of likely N-dealkylation sites (N-methyl/N-ethyl adjacent to an activating group) is 1. The number of hydrogen-bond acceptors (Lipinski definition) is 4. The molecule has 0 bridgehead atoms. The minimum atomic E-state index is -0.0934. The largest absolute Gasteiger partial charge is 0.497 e. The zero-order valence-electron chi connectivity index (χ0n) is 18.3. The normalized spacial score (nSPS) is 16.5. The lowest BCUT2D eigenvalue weighted by Crippen LogP contribution is -2.39. The smallest absolute Gasteiger partial charge is 0.257 e. The van der Waals surface area contributed by atoms with Crippen LogP contribution in [-0.2, 0) is 4.79 Å². The number of carbonyl (C=O) groups is 1. The minimum absolute atomic E-state index is 0.0185. The standard InChI is InChI=1S/C24H31N3O2/c1-16(2)26(5)15-24(28)27-23(21-12-17(3)10-11-18(21)4)14-22(25-27)19-8-7-9-20(13-19)29-6/h7-13,16,23H,14-15H2,1-6H3. The Hall–Kier alpha value is -2.66. The topological polar surface area (TPSA) is 45.1 Å². The summed E-state index contributed by atoms with van der Waals surface area (Å²) in [5.41, 5.74) is 5.43. The summed E-state index contributed by atoms with van der Waals surface area (Å²) >= 11 is 0. The van der Waals surface area contributed by atoms with Crippen LogP contribution in [0.4, 0.5) is 0 Å². The first-order valence-corrected chi connectivity index (χ1v) is 10.1. The molecule has 29 heavy (non-hydrogen) atoms. The maximum Gasteiger partial charge on any atom is 0.257 e. The molecule has 0 saturated heterocycles. The molecule has 1 aliphatic heterocycles. The van der Waals surface area contributed by atoms with Crippen molar-refractivity contribution in [3.05, 3.63) is 64.7 Å². The highest BCUT2D eigenvalue weighted by atomic mass is 16.5. The minimum Gasteiger partial charge on any atom is -0.497 e. The lowest BCUT2D eigenvalue weighted by molar-refractivity contribution is -0.134. The van der Waals surface area contributed by atoms with Crippen molar-refractivity contribution in [1.29, 1.82) is 0 Å². The summed E-state index contributed by atoms with van der Waals surface area (Å²) in [6, 6.07) is 14.5. The third kappa shape index (κ3) is 4.67. The molecule has 2 aromatic carbocycles. The number of methoxy groups -OCH3 is 1. The van der Waals surface area contributed by atoms with Gasteiger partial charge in [-0.25, -0.2) is 5.01 Å². The third-order valence-electron chi connectivity index (χ3n) is 5.63. The quantitative estimate of drug-likeness (QED) is 0.734. The SMILES string of the molecule is COc1cccc(C2=NN(C(=O)CN(C)C(C)C)C(c3cc(C)ccc3C)C2)c1. The van der Waals surface area contributed by atoms with Crippen LogP contribution < -0.4 is 4.74 Å². The fraction of sp³-hybridized carbons (Fsp3) is 0.417. The number of aryl methyl sites for hydroxylation is 2. The zero-order chi connectivity index (χ0) is 21.1. The Morgan fingerprint density at radius 2 is 2.00 bits per heavy atom. The molecule has 0 aliphatic carbocycles. The van der Waals surface area contributed by atoms with Crippen LogP contribution in [0.25, 0.3) is 0 Å². The lowest BCUT2D eigenvalue weighted by Gasteiger charge is -2.27. The number of hydrogen-bond donors (Lipinski definition) is 0. The van der Waals surface area contributed by atoms with E-state index in [4.69, 9.17) is 9.84 Å². The second-order valence-corrected chi connectivity index (χ2v) is 8.11. The summed E-state index contributed by atoms with van der Waals surface area (Å²) in [5.74, 6) is 0.808. The molecule has 0 spiro atoms. The summed E-state index contributed by atoms with van der Waals surface area (Å²) in [6.45, 7) is 8.70. The van der Waals surface area contributed by atoms with Crippen LogP contribution in [0.5, 0.6) is 5.75 Å². The molecule has 1 heterocycles. The number of hydrazone groups is 1. The fourth-order valence-electron chi connectivity index (χ4n) is 3.55. The summed E-state index contributed by atoms with van der Waals surface area (Å²) in [7, 11) is 3.63. The van der Waals surface area contributed by atoms with E-state index in [1.54, 1.807) is 12.1 Å². The first kappa shape index (κ1) is 21.1. The number of benzene rings is 2. The van der Waals surface area contributed by atoms with Crippen LogP contribution in [-0.4, -0.2) is 48.3 Å². The Morgan fingerprint density at radius 1 is 1.24 bits per heavy atom. The Morgan fingerprint density at radius 3 is 2.69 bits per heavy atom. The molecular weight excluding hydrogens is 362 g/mol. The highest BCUT2D eigenvalue weighted by Gasteiger charge is 2.34. The monoisotopic (exact) mass is 393 g/mol. The van der Waals surface area contributed by atoms with Gasteiger partial charge in [0, 0.05) is 18.0 Å². The average molecular weight is 394 g/mol. The highest BCUT2D eigenvalue weighted by Crippen LogP contribution is 2.35. The molecule has 5 nitrogen and oxygen atoms in total. The molecule has 1 atom stereocenters. The molecule has 0 aromatic heterocycles. The van der Waals surface area contributed by atoms with E-state index in [-0.39, 0.29) is 11.9 Å². The van der Waals surface area contributed by atoms with Gasteiger partial charge in [-0.2, -0.15) is 5.10 Å². The van der Waals surface area contributed by atoms with Gasteiger partial charge in [0.2, 0.25) is 0 Å². The molecule has 1 unspecified atom stereocenters. The van der Waals surface area contributed by atoms with Crippen LogP contribution >= 0.6 is 0 Å². The van der Waals surface area contributed by atoms with Crippen LogP contribution in [0.2, 0.25) is 0 Å². The molecule has 2 aromatic rings. The molecule has 154 valence electrons. The van der Waals surface area contributed by atoms with Gasteiger partial charge in [-0.3, -0.25) is 9.69 Å². The average Bonchev–Trinajstić information content (AvgIpc) is 3.15. The van der Waals surface area contributed by atoms with E-state index in [0.29, 0.717) is 19.0 Å². The van der Waals surface area contributed by atoms with E-state index >= 15 is 0 Å². The third-order valence-corrected chi connectivity index (χ3v) is 5.63. The van der Waals surface area contributed by atoms with Gasteiger partial charge in [0.25, 0.3) is 5.91 Å². The Kier molecular flexibility index (Phi) is 6.38. The van der Waals surface area contributed by atoms with E-state index < -0.39 is 0 Å². The summed E-state index contributed by atoms with van der Waals surface area (Å²) in [6.07, 6.45) is 0.689. The predicted molar refractivity (Wildman–Crippen MR) is 117 cm³/mol. The first-order valence-electron chi connectivity index (χ1n) is 10.1. The van der Waals surface area contributed by atoms with Crippen molar-refractivity contribution < 1.29 is 9.53 Å². The fourth-order valence-corrected chi connectivity index (χ4v) is 3.55. The summed E-state index contributed by atoms with van der Waals surface area (Å²) in [4.78, 5) is 15.2. The van der Waals surface area contributed by atoms with Crippen molar-refractivity contribution in [1.82, 2.24) is 9.91 Å². The number of ether oxygens (including phenoxy) is 1. The van der Waals surface area contributed by atoms with Crippen LogP contribution in [0.15, 0.2) is 47.6 Å². The van der Waals surface area contributed by atoms with E-state index in [0.717, 1.165) is 22.6 Å². The molecular formula is C24H31N3O2. The van der Waals surface area contributed by atoms with E-state index in [9.17, 15) is 4.79 Å². The second kappa shape index (κ2) is 8.78. The molecule has 1 amide bonds. The van der Waals surface area contributed by atoms with Gasteiger partial charge in [-0.05, 0) is 58.0 Å². The Bertz CT molecular complexity index is 920. The first-order chi connectivity index (χ1) is 13.8. The molecule has 5 heteroatoms. The van der Waals surface area contributed by atoms with Gasteiger partial charge in [-0.1, -0.05) is 35.9 Å². The van der Waals surface area contributed by atoms with E-state index in [1.807, 2.05) is 36.2 Å². The van der Waals surface area contributed by atoms with Crippen LogP contribution in [0.1, 0.15) is 48.6 Å². The highest BCUT2D eigenvalue weighted by molar-refractivity contribution is 6.03. The van der Waals surface area contributed by atoms with Crippen LogP contribution in [0.3, 0.4) is 0 Å². The molecule has 0 saturated carbocycles. The van der Waals surface area contributed by atoms with Crippen molar-refractivity contribution >= 4 is 11.6 Å². The summed E-state index contributed by atoms with van der Waals surface area (Å²) < 4.78 is 5.37. The number of rotatable bonds is 6. The lowest BCUT2D eigenvalue weighted by atomic mass is 9.94. The Labute approximate surface area is 174 Å². The zero-order valence-corrected chi connectivity index (χ0v) is 18.3. The van der Waals surface area contributed by atoms with Crippen molar-refractivity contribution in [2.75, 3.05) is 20.7 Å². The molecule has 3 rings (SSSR count). The summed E-state index contributed by atoms with van der Waals surface area (Å²) in [5, 5.41) is 6.48. The maximum absolute atomic E-state index is 13.2. The molecule has 0 fully saturated rings.